The van der Waals surface area contributed by atoms with Gasteiger partial charge in [-0.1, -0.05) is 30.3 Å². The van der Waals surface area contributed by atoms with Gasteiger partial charge in [0.2, 0.25) is 0 Å². The van der Waals surface area contributed by atoms with Gasteiger partial charge in [-0.15, -0.1) is 0 Å². The fourth-order valence-corrected chi connectivity index (χ4v) is 2.85. The van der Waals surface area contributed by atoms with Gasteiger partial charge in [0.15, 0.2) is 0 Å². The lowest BCUT2D eigenvalue weighted by Gasteiger charge is -2.18. The molecule has 0 unspecified atom stereocenters. The summed E-state index contributed by atoms with van der Waals surface area (Å²) in [6.07, 6.45) is 3.66. The minimum atomic E-state index is -0.371. The molecule has 0 aliphatic carbocycles. The van der Waals surface area contributed by atoms with E-state index in [-0.39, 0.29) is 17.5 Å². The monoisotopic (exact) mass is 345 g/mol. The van der Waals surface area contributed by atoms with E-state index in [0.717, 1.165) is 18.4 Å². The predicted molar refractivity (Wildman–Crippen MR) is 98.9 cm³/mol. The summed E-state index contributed by atoms with van der Waals surface area (Å²) in [5.41, 5.74) is 1.98. The van der Waals surface area contributed by atoms with Crippen molar-refractivity contribution in [2.75, 3.05) is 13.1 Å². The lowest BCUT2D eigenvalue weighted by molar-refractivity contribution is -0.126. The van der Waals surface area contributed by atoms with Crippen LogP contribution in [0.25, 0.3) is 6.08 Å². The molecule has 1 saturated heterocycles. The standard InChI is InChI=1S/C21H19N3O2/c22-15-17-8-10-18(11-9-17)20(25)23-19(14-16-6-2-1-3-7-16)21(26)24-12-4-5-13-24/h1-3,6-11,14H,4-5,12-13H2,(H,23,25). The zero-order valence-electron chi connectivity index (χ0n) is 14.3. The van der Waals surface area contributed by atoms with Gasteiger partial charge in [0.05, 0.1) is 11.6 Å². The SMILES string of the molecule is N#Cc1ccc(C(=O)NC(=Cc2ccccc2)C(=O)N2CCCC2)cc1. The third-order valence-electron chi connectivity index (χ3n) is 4.26. The number of amides is 2. The molecule has 2 aromatic carbocycles. The normalized spacial score (nSPS) is 14.0. The first-order valence-electron chi connectivity index (χ1n) is 8.55. The Hall–Kier alpha value is -3.39. The van der Waals surface area contributed by atoms with Gasteiger partial charge in [0.1, 0.15) is 5.70 Å². The maximum absolute atomic E-state index is 12.8. The lowest BCUT2D eigenvalue weighted by Crippen LogP contribution is -2.36. The van der Waals surface area contributed by atoms with Crippen LogP contribution in [-0.4, -0.2) is 29.8 Å². The molecule has 5 nitrogen and oxygen atoms in total. The van der Waals surface area contributed by atoms with Crippen molar-refractivity contribution in [3.8, 4) is 6.07 Å². The minimum absolute atomic E-state index is 0.173. The van der Waals surface area contributed by atoms with Gasteiger partial charge < -0.3 is 10.2 Å². The quantitative estimate of drug-likeness (QED) is 0.866. The lowest BCUT2D eigenvalue weighted by atomic mass is 10.1. The first-order valence-corrected chi connectivity index (χ1v) is 8.55. The smallest absolute Gasteiger partial charge is 0.270 e. The Kier molecular flexibility index (Phi) is 5.45. The van der Waals surface area contributed by atoms with Crippen LogP contribution in [0.5, 0.6) is 0 Å². The van der Waals surface area contributed by atoms with Crippen LogP contribution < -0.4 is 5.32 Å². The number of nitrogens with zero attached hydrogens (tertiary/aromatic N) is 2. The van der Waals surface area contributed by atoms with Gasteiger partial charge in [0, 0.05) is 18.7 Å². The minimum Gasteiger partial charge on any atom is -0.337 e. The second kappa shape index (κ2) is 8.13. The maximum atomic E-state index is 12.8. The van der Waals surface area contributed by atoms with E-state index in [9.17, 15) is 9.59 Å². The van der Waals surface area contributed by atoms with Crippen molar-refractivity contribution in [2.45, 2.75) is 12.8 Å². The summed E-state index contributed by atoms with van der Waals surface area (Å²) in [4.78, 5) is 27.1. The first kappa shape index (κ1) is 17.4. The third-order valence-corrected chi connectivity index (χ3v) is 4.26. The number of carbonyl (C=O) groups excluding carboxylic acids is 2. The van der Waals surface area contributed by atoms with Gasteiger partial charge in [-0.05, 0) is 48.7 Å². The fraction of sp³-hybridized carbons (Fsp3) is 0.190. The molecule has 1 N–H and O–H groups in total. The molecule has 2 amide bonds. The summed E-state index contributed by atoms with van der Waals surface area (Å²) in [5.74, 6) is -0.544. The number of hydrogen-bond donors (Lipinski definition) is 1. The zero-order chi connectivity index (χ0) is 18.4. The number of benzene rings is 2. The zero-order valence-corrected chi connectivity index (χ0v) is 14.3. The molecule has 1 aliphatic heterocycles. The van der Waals surface area contributed by atoms with Crippen molar-refractivity contribution in [3.63, 3.8) is 0 Å². The average Bonchev–Trinajstić information content (AvgIpc) is 3.22. The summed E-state index contributed by atoms with van der Waals surface area (Å²) in [6, 6.07) is 17.8. The highest BCUT2D eigenvalue weighted by Crippen LogP contribution is 2.14. The number of likely N-dealkylation sites (tertiary alicyclic amines) is 1. The number of rotatable bonds is 4. The third kappa shape index (κ3) is 4.17. The fourth-order valence-electron chi connectivity index (χ4n) is 2.85. The van der Waals surface area contributed by atoms with Crippen molar-refractivity contribution < 1.29 is 9.59 Å². The molecule has 0 aromatic heterocycles. The van der Waals surface area contributed by atoms with Gasteiger partial charge in [-0.25, -0.2) is 0 Å². The Bertz CT molecular complexity index is 858. The van der Waals surface area contributed by atoms with E-state index in [1.807, 2.05) is 36.4 Å². The Morgan fingerprint density at radius 1 is 1.00 bits per heavy atom. The van der Waals surface area contributed by atoms with E-state index in [0.29, 0.717) is 24.2 Å². The second-order valence-corrected chi connectivity index (χ2v) is 6.11. The predicted octanol–water partition coefficient (Wildman–Crippen LogP) is 2.95. The van der Waals surface area contributed by atoms with E-state index in [4.69, 9.17) is 5.26 Å². The Morgan fingerprint density at radius 3 is 2.27 bits per heavy atom. The summed E-state index contributed by atoms with van der Waals surface area (Å²) in [7, 11) is 0. The van der Waals surface area contributed by atoms with Crippen LogP contribution in [0, 0.1) is 11.3 Å². The van der Waals surface area contributed by atoms with E-state index in [2.05, 4.69) is 5.32 Å². The molecule has 1 aliphatic rings. The Morgan fingerprint density at radius 2 is 1.65 bits per heavy atom. The summed E-state index contributed by atoms with van der Waals surface area (Å²) in [5, 5.41) is 11.6. The molecule has 1 heterocycles. The van der Waals surface area contributed by atoms with E-state index in [1.54, 1.807) is 35.2 Å². The molecule has 0 saturated carbocycles. The molecular weight excluding hydrogens is 326 g/mol. The molecule has 26 heavy (non-hydrogen) atoms. The van der Waals surface area contributed by atoms with Crippen molar-refractivity contribution in [3.05, 3.63) is 77.0 Å². The van der Waals surface area contributed by atoms with Crippen LogP contribution in [0.4, 0.5) is 0 Å². The van der Waals surface area contributed by atoms with E-state index >= 15 is 0 Å². The second-order valence-electron chi connectivity index (χ2n) is 6.11. The highest BCUT2D eigenvalue weighted by molar-refractivity contribution is 6.05. The van der Waals surface area contributed by atoms with Gasteiger partial charge in [0.25, 0.3) is 11.8 Å². The number of hydrogen-bond acceptors (Lipinski definition) is 3. The van der Waals surface area contributed by atoms with Crippen LogP contribution in [0.1, 0.15) is 34.3 Å². The van der Waals surface area contributed by atoms with E-state index in [1.165, 1.54) is 0 Å². The van der Waals surface area contributed by atoms with Crippen LogP contribution in [-0.2, 0) is 4.79 Å². The van der Waals surface area contributed by atoms with Crippen LogP contribution in [0.2, 0.25) is 0 Å². The van der Waals surface area contributed by atoms with Crippen LogP contribution in [0.3, 0.4) is 0 Å². The van der Waals surface area contributed by atoms with E-state index < -0.39 is 0 Å². The van der Waals surface area contributed by atoms with Crippen molar-refractivity contribution in [1.82, 2.24) is 10.2 Å². The highest BCUT2D eigenvalue weighted by Gasteiger charge is 2.23. The molecule has 0 bridgehead atoms. The molecule has 0 radical (unpaired) electrons. The summed E-state index contributed by atoms with van der Waals surface area (Å²) < 4.78 is 0. The number of nitrogens with one attached hydrogen (secondary N) is 1. The molecule has 130 valence electrons. The highest BCUT2D eigenvalue weighted by atomic mass is 16.2. The van der Waals surface area contributed by atoms with Gasteiger partial charge in [-0.3, -0.25) is 9.59 Å². The largest absolute Gasteiger partial charge is 0.337 e. The average molecular weight is 345 g/mol. The molecule has 2 aromatic rings. The molecular formula is C21H19N3O2. The first-order chi connectivity index (χ1) is 12.7. The summed E-state index contributed by atoms with van der Waals surface area (Å²) >= 11 is 0. The number of carbonyl (C=O) groups is 2. The Balaban J connectivity index is 1.85. The van der Waals surface area contributed by atoms with Gasteiger partial charge >= 0.3 is 0 Å². The molecule has 5 heteroatoms. The van der Waals surface area contributed by atoms with Gasteiger partial charge in [-0.2, -0.15) is 5.26 Å². The van der Waals surface area contributed by atoms with Crippen LogP contribution in [0.15, 0.2) is 60.3 Å². The summed E-state index contributed by atoms with van der Waals surface area (Å²) in [6.45, 7) is 1.41. The molecule has 1 fully saturated rings. The van der Waals surface area contributed by atoms with Crippen LogP contribution >= 0.6 is 0 Å². The van der Waals surface area contributed by atoms with Crippen molar-refractivity contribution in [2.24, 2.45) is 0 Å². The van der Waals surface area contributed by atoms with Crippen molar-refractivity contribution >= 4 is 17.9 Å². The number of nitriles is 1. The Labute approximate surface area is 152 Å². The maximum Gasteiger partial charge on any atom is 0.270 e. The van der Waals surface area contributed by atoms with Crippen molar-refractivity contribution in [1.29, 1.82) is 5.26 Å². The molecule has 3 rings (SSSR count). The topological polar surface area (TPSA) is 73.2 Å². The molecule has 0 spiro atoms. The molecule has 0 atom stereocenters.